The number of aliphatic hydroxyl groups excluding tert-OH is 1. The van der Waals surface area contributed by atoms with Crippen LogP contribution < -0.4 is 10.6 Å². The Morgan fingerprint density at radius 1 is 1.00 bits per heavy atom. The van der Waals surface area contributed by atoms with Crippen molar-refractivity contribution >= 4 is 17.5 Å². The van der Waals surface area contributed by atoms with Gasteiger partial charge in [0.1, 0.15) is 5.82 Å². The number of hydrogen-bond acceptors (Lipinski definition) is 5. The topological polar surface area (TPSA) is 70.1 Å². The summed E-state index contributed by atoms with van der Waals surface area (Å²) in [6.45, 7) is 1.92. The van der Waals surface area contributed by atoms with Gasteiger partial charge in [0.15, 0.2) is 0 Å². The van der Waals surface area contributed by atoms with E-state index in [1.807, 2.05) is 30.3 Å². The molecule has 5 nitrogen and oxygen atoms in total. The smallest absolute Gasteiger partial charge is 0.396 e. The van der Waals surface area contributed by atoms with Crippen LogP contribution in [0.5, 0.6) is 0 Å². The third-order valence-corrected chi connectivity index (χ3v) is 4.32. The molecule has 3 rings (SSSR count). The number of nitrogens with zero attached hydrogens (tertiary/aromatic N) is 2. The van der Waals surface area contributed by atoms with Crippen molar-refractivity contribution in [1.29, 1.82) is 0 Å². The fourth-order valence-corrected chi connectivity index (χ4v) is 2.84. The highest BCUT2D eigenvalue weighted by Gasteiger charge is 2.32. The van der Waals surface area contributed by atoms with E-state index in [1.54, 1.807) is 12.1 Å². The maximum atomic E-state index is 13.2. The summed E-state index contributed by atoms with van der Waals surface area (Å²) in [5.41, 5.74) is 1.19. The van der Waals surface area contributed by atoms with Gasteiger partial charge in [0, 0.05) is 30.5 Å². The molecule has 29 heavy (non-hydrogen) atoms. The molecule has 0 aliphatic rings. The van der Waals surface area contributed by atoms with Gasteiger partial charge in [-0.3, -0.25) is 0 Å². The summed E-state index contributed by atoms with van der Waals surface area (Å²) in [7, 11) is 0. The molecule has 0 aliphatic carbocycles. The van der Waals surface area contributed by atoms with Gasteiger partial charge in [-0.15, -0.1) is 0 Å². The number of hydrogen-bond donors (Lipinski definition) is 3. The summed E-state index contributed by atoms with van der Waals surface area (Å²) in [5, 5.41) is 15.0. The lowest BCUT2D eigenvalue weighted by Crippen LogP contribution is -2.10. The molecule has 0 fully saturated rings. The molecule has 0 saturated heterocycles. The largest absolute Gasteiger partial charge is 0.416 e. The zero-order chi connectivity index (χ0) is 20.9. The van der Waals surface area contributed by atoms with Crippen LogP contribution >= 0.6 is 0 Å². The standard InChI is InChI=1S/C21H21F3N4O/c1-14-16(21(22,23)24)9-5-10-17(14)26-19-13-18(15-7-3-2-4-8-15)27-20(28-19)25-11-6-12-29/h2-5,7-10,13,29H,6,11-12H2,1H3,(H2,25,26,27,28). The number of halogens is 3. The van der Waals surface area contributed by atoms with Gasteiger partial charge in [0.25, 0.3) is 0 Å². The zero-order valence-electron chi connectivity index (χ0n) is 15.8. The molecule has 152 valence electrons. The highest BCUT2D eigenvalue weighted by molar-refractivity contribution is 5.69. The average Bonchev–Trinajstić information content (AvgIpc) is 2.69. The molecule has 0 bridgehead atoms. The molecular weight excluding hydrogens is 381 g/mol. The Morgan fingerprint density at radius 3 is 2.45 bits per heavy atom. The Bertz CT molecular complexity index is 962. The van der Waals surface area contributed by atoms with Crippen LogP contribution in [-0.2, 0) is 6.18 Å². The minimum absolute atomic E-state index is 0.0277. The van der Waals surface area contributed by atoms with Crippen LogP contribution in [0.3, 0.4) is 0 Å². The molecule has 0 amide bonds. The van der Waals surface area contributed by atoms with Gasteiger partial charge in [0.2, 0.25) is 5.95 Å². The first-order valence-electron chi connectivity index (χ1n) is 9.11. The quantitative estimate of drug-likeness (QED) is 0.485. The van der Waals surface area contributed by atoms with E-state index in [0.29, 0.717) is 36.1 Å². The van der Waals surface area contributed by atoms with Crippen LogP contribution in [0.15, 0.2) is 54.6 Å². The summed E-state index contributed by atoms with van der Waals surface area (Å²) < 4.78 is 39.6. The van der Waals surface area contributed by atoms with Crippen molar-refractivity contribution in [3.63, 3.8) is 0 Å². The van der Waals surface area contributed by atoms with E-state index in [-0.39, 0.29) is 12.2 Å². The molecule has 0 aliphatic heterocycles. The van der Waals surface area contributed by atoms with E-state index in [1.165, 1.54) is 13.0 Å². The van der Waals surface area contributed by atoms with Crippen molar-refractivity contribution in [2.75, 3.05) is 23.8 Å². The van der Waals surface area contributed by atoms with Crippen molar-refractivity contribution in [2.45, 2.75) is 19.5 Å². The van der Waals surface area contributed by atoms with Crippen LogP contribution in [0.25, 0.3) is 11.3 Å². The lowest BCUT2D eigenvalue weighted by molar-refractivity contribution is -0.138. The van der Waals surface area contributed by atoms with Crippen LogP contribution in [0.4, 0.5) is 30.6 Å². The highest BCUT2D eigenvalue weighted by Crippen LogP contribution is 2.35. The second-order valence-electron chi connectivity index (χ2n) is 6.43. The monoisotopic (exact) mass is 402 g/mol. The molecule has 0 atom stereocenters. The Balaban J connectivity index is 1.97. The Hall–Kier alpha value is -3.13. The predicted octanol–water partition coefficient (Wildman–Crippen LogP) is 5.01. The van der Waals surface area contributed by atoms with Crippen LogP contribution in [0.1, 0.15) is 17.5 Å². The molecule has 0 radical (unpaired) electrons. The molecule has 0 spiro atoms. The fourth-order valence-electron chi connectivity index (χ4n) is 2.84. The van der Waals surface area contributed by atoms with Crippen molar-refractivity contribution in [2.24, 2.45) is 0 Å². The van der Waals surface area contributed by atoms with Crippen molar-refractivity contribution in [1.82, 2.24) is 9.97 Å². The van der Waals surface area contributed by atoms with Crippen molar-refractivity contribution < 1.29 is 18.3 Å². The fraction of sp³-hybridized carbons (Fsp3) is 0.238. The normalized spacial score (nSPS) is 11.3. The summed E-state index contributed by atoms with van der Waals surface area (Å²) in [6, 6.07) is 15.1. The lowest BCUT2D eigenvalue weighted by Gasteiger charge is -2.16. The van der Waals surface area contributed by atoms with E-state index < -0.39 is 11.7 Å². The number of benzene rings is 2. The highest BCUT2D eigenvalue weighted by atomic mass is 19.4. The number of anilines is 3. The van der Waals surface area contributed by atoms with Gasteiger partial charge < -0.3 is 15.7 Å². The van der Waals surface area contributed by atoms with Gasteiger partial charge in [-0.2, -0.15) is 18.2 Å². The Kier molecular flexibility index (Phi) is 6.33. The number of aromatic nitrogens is 2. The number of alkyl halides is 3. The molecular formula is C21H21F3N4O. The third-order valence-electron chi connectivity index (χ3n) is 4.32. The van der Waals surface area contributed by atoms with Gasteiger partial charge in [-0.1, -0.05) is 36.4 Å². The summed E-state index contributed by atoms with van der Waals surface area (Å²) >= 11 is 0. The second kappa shape index (κ2) is 8.91. The van der Waals surface area contributed by atoms with Crippen LogP contribution in [0, 0.1) is 6.92 Å². The number of aliphatic hydroxyl groups is 1. The summed E-state index contributed by atoms with van der Waals surface area (Å²) in [6.07, 6.45) is -3.91. The molecule has 0 saturated carbocycles. The van der Waals surface area contributed by atoms with Gasteiger partial charge in [-0.05, 0) is 31.0 Å². The average molecular weight is 402 g/mol. The number of nitrogens with one attached hydrogen (secondary N) is 2. The van der Waals surface area contributed by atoms with Crippen molar-refractivity contribution in [3.8, 4) is 11.3 Å². The molecule has 3 N–H and O–H groups in total. The first-order chi connectivity index (χ1) is 13.9. The van der Waals surface area contributed by atoms with Gasteiger partial charge in [0.05, 0.1) is 11.3 Å². The first-order valence-corrected chi connectivity index (χ1v) is 9.11. The van der Waals surface area contributed by atoms with Gasteiger partial charge >= 0.3 is 6.18 Å². The third kappa shape index (κ3) is 5.23. The first kappa shape index (κ1) is 20.6. The summed E-state index contributed by atoms with van der Waals surface area (Å²) in [4.78, 5) is 8.84. The Labute approximate surface area is 166 Å². The van der Waals surface area contributed by atoms with Gasteiger partial charge in [-0.25, -0.2) is 4.98 Å². The Morgan fingerprint density at radius 2 is 1.76 bits per heavy atom. The minimum atomic E-state index is -4.43. The molecule has 2 aromatic carbocycles. The number of rotatable bonds is 7. The second-order valence-corrected chi connectivity index (χ2v) is 6.43. The predicted molar refractivity (Wildman–Crippen MR) is 107 cm³/mol. The molecule has 8 heteroatoms. The summed E-state index contributed by atoms with van der Waals surface area (Å²) in [5.74, 6) is 0.694. The van der Waals surface area contributed by atoms with E-state index >= 15 is 0 Å². The van der Waals surface area contributed by atoms with E-state index in [2.05, 4.69) is 20.6 Å². The molecule has 1 heterocycles. The van der Waals surface area contributed by atoms with Crippen molar-refractivity contribution in [3.05, 3.63) is 65.7 Å². The molecule has 0 unspecified atom stereocenters. The minimum Gasteiger partial charge on any atom is -0.396 e. The molecule has 1 aromatic heterocycles. The van der Waals surface area contributed by atoms with E-state index in [9.17, 15) is 13.2 Å². The lowest BCUT2D eigenvalue weighted by atomic mass is 10.1. The van der Waals surface area contributed by atoms with E-state index in [4.69, 9.17) is 5.11 Å². The molecule has 3 aromatic rings. The SMILES string of the molecule is Cc1c(Nc2cc(-c3ccccc3)nc(NCCCO)n2)cccc1C(F)(F)F. The zero-order valence-corrected chi connectivity index (χ0v) is 15.8. The maximum Gasteiger partial charge on any atom is 0.416 e. The van der Waals surface area contributed by atoms with Crippen LogP contribution in [-0.4, -0.2) is 28.2 Å². The van der Waals surface area contributed by atoms with E-state index in [0.717, 1.165) is 11.6 Å². The van der Waals surface area contributed by atoms with Crippen LogP contribution in [0.2, 0.25) is 0 Å². The maximum absolute atomic E-state index is 13.2.